The number of rotatable bonds is 7. The van der Waals surface area contributed by atoms with Crippen LogP contribution in [0.2, 0.25) is 0 Å². The summed E-state index contributed by atoms with van der Waals surface area (Å²) in [7, 11) is 0. The van der Waals surface area contributed by atoms with Gasteiger partial charge in [0.25, 0.3) is 0 Å². The molecular formula is C21H22N2O2. The summed E-state index contributed by atoms with van der Waals surface area (Å²) in [5.74, 6) is 0.752. The Labute approximate surface area is 148 Å². The summed E-state index contributed by atoms with van der Waals surface area (Å²) < 4.78 is 6.24. The normalized spacial score (nSPS) is 15.8. The molecule has 0 aliphatic heterocycles. The van der Waals surface area contributed by atoms with E-state index in [4.69, 9.17) is 4.74 Å². The molecule has 0 saturated heterocycles. The first-order valence-electron chi connectivity index (χ1n) is 8.59. The van der Waals surface area contributed by atoms with E-state index in [1.54, 1.807) is 6.20 Å². The van der Waals surface area contributed by atoms with Gasteiger partial charge in [0.2, 0.25) is 6.41 Å². The minimum atomic E-state index is -0.0125. The number of hydrogen-bond acceptors (Lipinski definition) is 3. The molecule has 1 aliphatic carbocycles. The van der Waals surface area contributed by atoms with Crippen LogP contribution in [0.15, 0.2) is 61.0 Å². The predicted octanol–water partition coefficient (Wildman–Crippen LogP) is 4.53. The Bertz CT molecular complexity index is 782. The summed E-state index contributed by atoms with van der Waals surface area (Å²) >= 11 is 0. The number of aromatic nitrogens is 1. The van der Waals surface area contributed by atoms with Gasteiger partial charge in [0.05, 0.1) is 0 Å². The Hall–Kier alpha value is -2.88. The minimum absolute atomic E-state index is 0.0125. The standard InChI is InChI=1S/C21H22N2O2/c1-2-7-16-12-19(17-8-6-11-22-14-17)21(13-20(16)23-15-24)25-18-9-4-3-5-10-18/h3-6,8-9,11-15,18H,2,7,10H2,1H3,(H,23,24). The van der Waals surface area contributed by atoms with Crippen molar-refractivity contribution in [1.29, 1.82) is 0 Å². The van der Waals surface area contributed by atoms with Crippen molar-refractivity contribution in [2.24, 2.45) is 0 Å². The van der Waals surface area contributed by atoms with Gasteiger partial charge in [-0.25, -0.2) is 0 Å². The SMILES string of the molecule is CCCc1cc(-c2cccnc2)c(OC2C=CC=CC2)cc1NC=O. The third kappa shape index (κ3) is 4.15. The fraction of sp³-hybridized carbons (Fsp3) is 0.238. The first-order valence-corrected chi connectivity index (χ1v) is 8.59. The van der Waals surface area contributed by atoms with Crippen LogP contribution < -0.4 is 10.1 Å². The van der Waals surface area contributed by atoms with Gasteiger partial charge in [0.15, 0.2) is 0 Å². The van der Waals surface area contributed by atoms with Crippen LogP contribution in [-0.4, -0.2) is 17.5 Å². The van der Waals surface area contributed by atoms with E-state index in [1.165, 1.54) is 0 Å². The topological polar surface area (TPSA) is 51.2 Å². The number of nitrogens with zero attached hydrogens (tertiary/aromatic N) is 1. The van der Waals surface area contributed by atoms with Crippen molar-refractivity contribution >= 4 is 12.1 Å². The summed E-state index contributed by atoms with van der Waals surface area (Å²) in [5, 5.41) is 2.81. The van der Waals surface area contributed by atoms with Crippen molar-refractivity contribution in [3.05, 3.63) is 66.5 Å². The van der Waals surface area contributed by atoms with Crippen LogP contribution in [0.1, 0.15) is 25.3 Å². The highest BCUT2D eigenvalue weighted by Crippen LogP contribution is 2.36. The lowest BCUT2D eigenvalue weighted by atomic mass is 9.99. The number of benzene rings is 1. The third-order valence-electron chi connectivity index (χ3n) is 4.13. The van der Waals surface area contributed by atoms with E-state index < -0.39 is 0 Å². The van der Waals surface area contributed by atoms with Crippen LogP contribution in [0.4, 0.5) is 5.69 Å². The number of amides is 1. The van der Waals surface area contributed by atoms with E-state index in [2.05, 4.69) is 29.4 Å². The van der Waals surface area contributed by atoms with Crippen molar-refractivity contribution in [3.8, 4) is 16.9 Å². The number of carbonyl (C=O) groups excluding carboxylic acids is 1. The first kappa shape index (κ1) is 17.0. The van der Waals surface area contributed by atoms with Gasteiger partial charge in [-0.2, -0.15) is 0 Å². The molecule has 4 heteroatoms. The van der Waals surface area contributed by atoms with E-state index in [0.29, 0.717) is 6.41 Å². The molecule has 3 rings (SSSR count). The summed E-state index contributed by atoms with van der Waals surface area (Å²) in [6.45, 7) is 2.12. The van der Waals surface area contributed by atoms with Crippen LogP contribution >= 0.6 is 0 Å². The minimum Gasteiger partial charge on any atom is -0.485 e. The summed E-state index contributed by atoms with van der Waals surface area (Å²) in [4.78, 5) is 15.2. The van der Waals surface area contributed by atoms with Crippen LogP contribution in [0, 0.1) is 0 Å². The van der Waals surface area contributed by atoms with E-state index in [0.717, 1.165) is 47.4 Å². The second-order valence-electron chi connectivity index (χ2n) is 5.96. The average molecular weight is 334 g/mol. The fourth-order valence-corrected chi connectivity index (χ4v) is 2.95. The zero-order valence-corrected chi connectivity index (χ0v) is 14.3. The molecule has 1 amide bonds. The van der Waals surface area contributed by atoms with Crippen molar-refractivity contribution in [1.82, 2.24) is 4.98 Å². The Morgan fingerprint density at radius 1 is 1.36 bits per heavy atom. The van der Waals surface area contributed by atoms with Gasteiger partial charge in [0, 0.05) is 41.7 Å². The van der Waals surface area contributed by atoms with E-state index in [-0.39, 0.29) is 6.10 Å². The molecule has 0 saturated carbocycles. The third-order valence-corrected chi connectivity index (χ3v) is 4.13. The van der Waals surface area contributed by atoms with Crippen molar-refractivity contribution in [2.45, 2.75) is 32.3 Å². The summed E-state index contributed by atoms with van der Waals surface area (Å²) in [6, 6.07) is 7.96. The lowest BCUT2D eigenvalue weighted by Gasteiger charge is -2.21. The molecule has 1 aromatic heterocycles. The Balaban J connectivity index is 2.05. The number of anilines is 1. The smallest absolute Gasteiger partial charge is 0.211 e. The fourth-order valence-electron chi connectivity index (χ4n) is 2.95. The molecule has 128 valence electrons. The van der Waals surface area contributed by atoms with Gasteiger partial charge in [-0.1, -0.05) is 37.6 Å². The van der Waals surface area contributed by atoms with Gasteiger partial charge in [-0.15, -0.1) is 0 Å². The molecule has 0 bridgehead atoms. The first-order chi connectivity index (χ1) is 12.3. The average Bonchev–Trinajstić information content (AvgIpc) is 2.65. The lowest BCUT2D eigenvalue weighted by molar-refractivity contribution is -0.105. The molecule has 1 unspecified atom stereocenters. The number of carbonyl (C=O) groups is 1. The highest BCUT2D eigenvalue weighted by Gasteiger charge is 2.16. The maximum absolute atomic E-state index is 11.0. The van der Waals surface area contributed by atoms with E-state index in [1.807, 2.05) is 42.6 Å². The van der Waals surface area contributed by atoms with Crippen LogP contribution in [-0.2, 0) is 11.2 Å². The molecular weight excluding hydrogens is 312 g/mol. The number of nitrogens with one attached hydrogen (secondary N) is 1. The highest BCUT2D eigenvalue weighted by atomic mass is 16.5. The molecule has 1 aliphatic rings. The van der Waals surface area contributed by atoms with Gasteiger partial charge < -0.3 is 10.1 Å². The molecule has 1 aromatic carbocycles. The number of allylic oxidation sites excluding steroid dienone is 2. The maximum Gasteiger partial charge on any atom is 0.211 e. The van der Waals surface area contributed by atoms with Crippen molar-refractivity contribution in [3.63, 3.8) is 0 Å². The molecule has 1 N–H and O–H groups in total. The Morgan fingerprint density at radius 2 is 2.28 bits per heavy atom. The van der Waals surface area contributed by atoms with Crippen LogP contribution in [0.25, 0.3) is 11.1 Å². The van der Waals surface area contributed by atoms with Gasteiger partial charge in [-0.05, 0) is 30.2 Å². The molecule has 0 fully saturated rings. The van der Waals surface area contributed by atoms with Gasteiger partial charge in [-0.3, -0.25) is 9.78 Å². The molecule has 2 aromatic rings. The summed E-state index contributed by atoms with van der Waals surface area (Å²) in [5.41, 5.74) is 3.90. The number of pyridine rings is 1. The second-order valence-corrected chi connectivity index (χ2v) is 5.96. The Kier molecular flexibility index (Phi) is 5.62. The molecule has 0 radical (unpaired) electrons. The van der Waals surface area contributed by atoms with Gasteiger partial charge in [0.1, 0.15) is 11.9 Å². The monoisotopic (exact) mass is 334 g/mol. The van der Waals surface area contributed by atoms with E-state index in [9.17, 15) is 4.79 Å². The number of aryl methyl sites for hydroxylation is 1. The highest BCUT2D eigenvalue weighted by molar-refractivity contribution is 5.80. The summed E-state index contributed by atoms with van der Waals surface area (Å²) in [6.07, 6.45) is 15.1. The largest absolute Gasteiger partial charge is 0.485 e. The molecule has 25 heavy (non-hydrogen) atoms. The zero-order valence-electron chi connectivity index (χ0n) is 14.3. The van der Waals surface area contributed by atoms with Crippen LogP contribution in [0.5, 0.6) is 5.75 Å². The van der Waals surface area contributed by atoms with Crippen molar-refractivity contribution in [2.75, 3.05) is 5.32 Å². The van der Waals surface area contributed by atoms with Gasteiger partial charge >= 0.3 is 0 Å². The zero-order chi connectivity index (χ0) is 17.5. The molecule has 1 heterocycles. The maximum atomic E-state index is 11.0. The lowest BCUT2D eigenvalue weighted by Crippen LogP contribution is -2.15. The molecule has 4 nitrogen and oxygen atoms in total. The quantitative estimate of drug-likeness (QED) is 0.757. The van der Waals surface area contributed by atoms with Crippen molar-refractivity contribution < 1.29 is 9.53 Å². The number of hydrogen-bond donors (Lipinski definition) is 1. The molecule has 0 spiro atoms. The number of ether oxygens (including phenoxy) is 1. The van der Waals surface area contributed by atoms with E-state index >= 15 is 0 Å². The Morgan fingerprint density at radius 3 is 2.96 bits per heavy atom. The van der Waals surface area contributed by atoms with Crippen LogP contribution in [0.3, 0.4) is 0 Å². The molecule has 1 atom stereocenters. The second kappa shape index (κ2) is 8.29. The predicted molar refractivity (Wildman–Crippen MR) is 101 cm³/mol.